The molecule has 1 N–H and O–H groups in total. The molecule has 0 bridgehead atoms. The first-order chi connectivity index (χ1) is 10.7. The summed E-state index contributed by atoms with van der Waals surface area (Å²) in [6, 6.07) is 13.6. The summed E-state index contributed by atoms with van der Waals surface area (Å²) in [6.45, 7) is 2.00. The Bertz CT molecular complexity index is 826. The van der Waals surface area contributed by atoms with Gasteiger partial charge in [-0.2, -0.15) is 0 Å². The summed E-state index contributed by atoms with van der Waals surface area (Å²) in [4.78, 5) is 13.3. The number of anilines is 1. The first-order valence-corrected chi connectivity index (χ1v) is 8.17. The number of benzene rings is 2. The summed E-state index contributed by atoms with van der Waals surface area (Å²) in [5, 5.41) is 7.81. The zero-order valence-electron chi connectivity index (χ0n) is 12.4. The molecule has 112 valence electrons. The number of amides is 1. The lowest BCUT2D eigenvalue weighted by Crippen LogP contribution is -2.14. The smallest absolute Gasteiger partial charge is 0.230 e. The van der Waals surface area contributed by atoms with Crippen LogP contribution in [0.3, 0.4) is 0 Å². The Morgan fingerprint density at radius 3 is 2.95 bits per heavy atom. The average molecular weight is 312 g/mol. The van der Waals surface area contributed by atoms with E-state index in [1.165, 1.54) is 0 Å². The number of thioether (sulfide) groups is 1. The van der Waals surface area contributed by atoms with Crippen LogP contribution in [0.2, 0.25) is 0 Å². The van der Waals surface area contributed by atoms with Crippen LogP contribution < -0.4 is 5.32 Å². The topological polar surface area (TPSA) is 55.1 Å². The van der Waals surface area contributed by atoms with Gasteiger partial charge in [0.2, 0.25) is 5.91 Å². The van der Waals surface area contributed by atoms with Crippen LogP contribution in [-0.4, -0.2) is 17.3 Å². The molecule has 3 rings (SSSR count). The lowest BCUT2D eigenvalue weighted by Gasteiger charge is -2.05. The first-order valence-electron chi connectivity index (χ1n) is 6.94. The second kappa shape index (κ2) is 6.23. The van der Waals surface area contributed by atoms with Crippen molar-refractivity contribution in [3.05, 3.63) is 53.7 Å². The molecule has 4 nitrogen and oxygen atoms in total. The molecule has 1 aromatic heterocycles. The molecule has 0 saturated carbocycles. The van der Waals surface area contributed by atoms with Gasteiger partial charge >= 0.3 is 0 Å². The molecule has 0 saturated heterocycles. The molecule has 0 aliphatic carbocycles. The van der Waals surface area contributed by atoms with Crippen molar-refractivity contribution in [1.82, 2.24) is 5.16 Å². The molecule has 3 aromatic rings. The van der Waals surface area contributed by atoms with E-state index < -0.39 is 0 Å². The average Bonchev–Trinajstić information content (AvgIpc) is 2.89. The molecule has 0 atom stereocenters. The zero-order chi connectivity index (χ0) is 15.5. The molecule has 5 heteroatoms. The van der Waals surface area contributed by atoms with Crippen LogP contribution in [0.15, 0.2) is 51.9 Å². The Balaban J connectivity index is 1.76. The van der Waals surface area contributed by atoms with Crippen LogP contribution in [-0.2, 0) is 11.2 Å². The third-order valence-electron chi connectivity index (χ3n) is 3.38. The Morgan fingerprint density at radius 1 is 1.27 bits per heavy atom. The van der Waals surface area contributed by atoms with Gasteiger partial charge in [0.15, 0.2) is 5.58 Å². The highest BCUT2D eigenvalue weighted by atomic mass is 32.2. The standard InChI is InChI=1S/C17H16N2O2S/c1-11-6-7-16-14(8-11)15(19-21-16)10-17(20)18-12-4-3-5-13(9-12)22-2/h3-9H,10H2,1-2H3,(H,18,20). The van der Waals surface area contributed by atoms with Gasteiger partial charge in [-0.05, 0) is 43.5 Å². The Morgan fingerprint density at radius 2 is 2.14 bits per heavy atom. The molecule has 0 spiro atoms. The quantitative estimate of drug-likeness (QED) is 0.739. The summed E-state index contributed by atoms with van der Waals surface area (Å²) in [5.74, 6) is -0.102. The van der Waals surface area contributed by atoms with Crippen molar-refractivity contribution in [3.63, 3.8) is 0 Å². The lowest BCUT2D eigenvalue weighted by molar-refractivity contribution is -0.115. The number of hydrogen-bond donors (Lipinski definition) is 1. The highest BCUT2D eigenvalue weighted by Gasteiger charge is 2.13. The number of nitrogens with zero attached hydrogens (tertiary/aromatic N) is 1. The second-order valence-corrected chi connectivity index (χ2v) is 5.97. The van der Waals surface area contributed by atoms with Gasteiger partial charge in [-0.3, -0.25) is 4.79 Å². The summed E-state index contributed by atoms with van der Waals surface area (Å²) >= 11 is 1.64. The largest absolute Gasteiger partial charge is 0.356 e. The van der Waals surface area contributed by atoms with Crippen molar-refractivity contribution in [3.8, 4) is 0 Å². The maximum atomic E-state index is 12.2. The van der Waals surface area contributed by atoms with E-state index in [4.69, 9.17) is 4.52 Å². The lowest BCUT2D eigenvalue weighted by atomic mass is 10.1. The monoisotopic (exact) mass is 312 g/mol. The molecule has 1 amide bonds. The van der Waals surface area contributed by atoms with E-state index in [1.807, 2.05) is 55.6 Å². The fourth-order valence-electron chi connectivity index (χ4n) is 2.29. The minimum atomic E-state index is -0.102. The third kappa shape index (κ3) is 3.14. The number of nitrogens with one attached hydrogen (secondary N) is 1. The maximum Gasteiger partial charge on any atom is 0.230 e. The zero-order valence-corrected chi connectivity index (χ0v) is 13.2. The van der Waals surface area contributed by atoms with E-state index in [2.05, 4.69) is 10.5 Å². The van der Waals surface area contributed by atoms with Gasteiger partial charge in [0, 0.05) is 16.0 Å². The number of carbonyl (C=O) groups is 1. The summed E-state index contributed by atoms with van der Waals surface area (Å²) < 4.78 is 5.26. The number of hydrogen-bond acceptors (Lipinski definition) is 4. The predicted octanol–water partition coefficient (Wildman–Crippen LogP) is 4.04. The fourth-order valence-corrected chi connectivity index (χ4v) is 2.75. The normalized spacial score (nSPS) is 10.8. The van der Waals surface area contributed by atoms with Crippen LogP contribution in [0.5, 0.6) is 0 Å². The van der Waals surface area contributed by atoms with Gasteiger partial charge in [-0.1, -0.05) is 22.9 Å². The molecule has 2 aromatic carbocycles. The van der Waals surface area contributed by atoms with Crippen molar-refractivity contribution in [2.24, 2.45) is 0 Å². The number of aryl methyl sites for hydroxylation is 1. The van der Waals surface area contributed by atoms with Crippen LogP contribution >= 0.6 is 11.8 Å². The van der Waals surface area contributed by atoms with Gasteiger partial charge in [-0.15, -0.1) is 11.8 Å². The Hall–Kier alpha value is -2.27. The van der Waals surface area contributed by atoms with Gasteiger partial charge in [-0.25, -0.2) is 0 Å². The first kappa shape index (κ1) is 14.7. The van der Waals surface area contributed by atoms with Crippen LogP contribution in [0.4, 0.5) is 5.69 Å². The van der Waals surface area contributed by atoms with Crippen LogP contribution in [0, 0.1) is 6.92 Å². The van der Waals surface area contributed by atoms with Gasteiger partial charge < -0.3 is 9.84 Å². The van der Waals surface area contributed by atoms with Crippen molar-refractivity contribution >= 4 is 34.3 Å². The molecule has 0 aliphatic heterocycles. The summed E-state index contributed by atoms with van der Waals surface area (Å²) in [6.07, 6.45) is 2.20. The highest BCUT2D eigenvalue weighted by Crippen LogP contribution is 2.22. The minimum Gasteiger partial charge on any atom is -0.356 e. The summed E-state index contributed by atoms with van der Waals surface area (Å²) in [7, 11) is 0. The molecule has 0 aliphatic rings. The molecule has 1 heterocycles. The van der Waals surface area contributed by atoms with E-state index in [0.29, 0.717) is 11.3 Å². The molecular weight excluding hydrogens is 296 g/mol. The van der Waals surface area contributed by atoms with Gasteiger partial charge in [0.1, 0.15) is 5.69 Å². The maximum absolute atomic E-state index is 12.2. The molecule has 0 radical (unpaired) electrons. The number of fused-ring (bicyclic) bond motifs is 1. The Labute approximate surface area is 132 Å². The predicted molar refractivity (Wildman–Crippen MR) is 89.3 cm³/mol. The number of carbonyl (C=O) groups excluding carboxylic acids is 1. The molecular formula is C17H16N2O2S. The second-order valence-electron chi connectivity index (χ2n) is 5.09. The number of aromatic nitrogens is 1. The van der Waals surface area contributed by atoms with Crippen molar-refractivity contribution in [2.45, 2.75) is 18.2 Å². The van der Waals surface area contributed by atoms with E-state index in [0.717, 1.165) is 21.5 Å². The Kier molecular flexibility index (Phi) is 4.15. The fraction of sp³-hybridized carbons (Fsp3) is 0.176. The van der Waals surface area contributed by atoms with Crippen molar-refractivity contribution in [2.75, 3.05) is 11.6 Å². The number of rotatable bonds is 4. The highest BCUT2D eigenvalue weighted by molar-refractivity contribution is 7.98. The SMILES string of the molecule is CSc1cccc(NC(=O)Cc2noc3ccc(C)cc23)c1. The summed E-state index contributed by atoms with van der Waals surface area (Å²) in [5.41, 5.74) is 3.28. The minimum absolute atomic E-state index is 0.102. The van der Waals surface area contributed by atoms with E-state index >= 15 is 0 Å². The molecule has 0 unspecified atom stereocenters. The van der Waals surface area contributed by atoms with E-state index in [-0.39, 0.29) is 12.3 Å². The van der Waals surface area contributed by atoms with Crippen LogP contribution in [0.1, 0.15) is 11.3 Å². The third-order valence-corrected chi connectivity index (χ3v) is 4.11. The van der Waals surface area contributed by atoms with Gasteiger partial charge in [0.25, 0.3) is 0 Å². The molecule has 22 heavy (non-hydrogen) atoms. The van der Waals surface area contributed by atoms with Gasteiger partial charge in [0.05, 0.1) is 6.42 Å². The van der Waals surface area contributed by atoms with E-state index in [9.17, 15) is 4.79 Å². The van der Waals surface area contributed by atoms with E-state index in [1.54, 1.807) is 11.8 Å². The van der Waals surface area contributed by atoms with Crippen LogP contribution in [0.25, 0.3) is 11.0 Å². The molecule has 0 fully saturated rings. The van der Waals surface area contributed by atoms with Crippen molar-refractivity contribution < 1.29 is 9.32 Å². The van der Waals surface area contributed by atoms with Crippen molar-refractivity contribution in [1.29, 1.82) is 0 Å².